The van der Waals surface area contributed by atoms with E-state index in [2.05, 4.69) is 29.4 Å². The second-order valence-electron chi connectivity index (χ2n) is 2.90. The van der Waals surface area contributed by atoms with Gasteiger partial charge in [0, 0.05) is 5.33 Å². The van der Waals surface area contributed by atoms with Gasteiger partial charge in [-0.1, -0.05) is 33.7 Å². The van der Waals surface area contributed by atoms with Crippen molar-refractivity contribution in [1.82, 2.24) is 0 Å². The van der Waals surface area contributed by atoms with Crippen LogP contribution in [0.15, 0.2) is 24.3 Å². The van der Waals surface area contributed by atoms with Gasteiger partial charge in [-0.2, -0.15) is 0 Å². The molecule has 70 valence electrons. The Morgan fingerprint density at radius 2 is 2.33 bits per heavy atom. The summed E-state index contributed by atoms with van der Waals surface area (Å²) in [6.07, 6.45) is 6.12. The highest BCUT2D eigenvalue weighted by molar-refractivity contribution is 9.09. The van der Waals surface area contributed by atoms with E-state index in [0.29, 0.717) is 6.42 Å². The highest BCUT2D eigenvalue weighted by Gasteiger charge is 1.97. The van der Waals surface area contributed by atoms with Gasteiger partial charge >= 0.3 is 0 Å². The molecule has 0 saturated heterocycles. The maximum atomic E-state index is 9.36. The number of rotatable bonds is 6. The van der Waals surface area contributed by atoms with Gasteiger partial charge in [-0.05, 0) is 26.2 Å². The first kappa shape index (κ1) is 11.9. The summed E-state index contributed by atoms with van der Waals surface area (Å²) in [5.74, 6) is 0. The Balaban J connectivity index is 3.71. The molecule has 0 spiro atoms. The van der Waals surface area contributed by atoms with E-state index in [-0.39, 0.29) is 6.10 Å². The average Bonchev–Trinajstić information content (AvgIpc) is 2.01. The topological polar surface area (TPSA) is 20.2 Å². The molecule has 1 N–H and O–H groups in total. The molecule has 2 heteroatoms. The van der Waals surface area contributed by atoms with Crippen LogP contribution in [0.5, 0.6) is 0 Å². The second-order valence-corrected chi connectivity index (χ2v) is 3.69. The fourth-order valence-corrected chi connectivity index (χ4v) is 1.28. The molecule has 0 aliphatic rings. The molecule has 0 aromatic heterocycles. The van der Waals surface area contributed by atoms with Gasteiger partial charge in [-0.3, -0.25) is 0 Å². The lowest BCUT2D eigenvalue weighted by atomic mass is 10.1. The molecule has 1 atom stereocenters. The highest BCUT2D eigenvalue weighted by atomic mass is 79.9. The Morgan fingerprint density at radius 1 is 1.67 bits per heavy atom. The molecule has 0 bridgehead atoms. The lowest BCUT2D eigenvalue weighted by Gasteiger charge is -2.04. The van der Waals surface area contributed by atoms with Gasteiger partial charge in [0.15, 0.2) is 0 Å². The monoisotopic (exact) mass is 232 g/mol. The van der Waals surface area contributed by atoms with E-state index in [1.54, 1.807) is 6.08 Å². The number of alkyl halides is 1. The molecule has 0 amide bonds. The van der Waals surface area contributed by atoms with Crippen molar-refractivity contribution in [3.8, 4) is 0 Å². The third kappa shape index (κ3) is 6.62. The van der Waals surface area contributed by atoms with Gasteiger partial charge in [-0.15, -0.1) is 6.58 Å². The number of hydrogen-bond donors (Lipinski definition) is 1. The van der Waals surface area contributed by atoms with Crippen molar-refractivity contribution in [3.63, 3.8) is 0 Å². The van der Waals surface area contributed by atoms with E-state index < -0.39 is 0 Å². The lowest BCUT2D eigenvalue weighted by Crippen LogP contribution is -2.00. The smallest absolute Gasteiger partial charge is 0.0757 e. The fourth-order valence-electron chi connectivity index (χ4n) is 0.996. The summed E-state index contributed by atoms with van der Waals surface area (Å²) in [7, 11) is 0. The lowest BCUT2D eigenvalue weighted by molar-refractivity contribution is 0.226. The first-order valence-electron chi connectivity index (χ1n) is 4.23. The van der Waals surface area contributed by atoms with Crippen LogP contribution in [0.3, 0.4) is 0 Å². The maximum Gasteiger partial charge on any atom is 0.0757 e. The Kier molecular flexibility index (Phi) is 7.51. The van der Waals surface area contributed by atoms with Crippen LogP contribution in [0.1, 0.15) is 26.2 Å². The van der Waals surface area contributed by atoms with Gasteiger partial charge in [0.2, 0.25) is 0 Å². The van der Waals surface area contributed by atoms with E-state index in [1.807, 2.05) is 6.08 Å². The van der Waals surface area contributed by atoms with Crippen LogP contribution in [0.2, 0.25) is 0 Å². The van der Waals surface area contributed by atoms with Crippen LogP contribution in [0, 0.1) is 0 Å². The minimum absolute atomic E-state index is 0.349. The summed E-state index contributed by atoms with van der Waals surface area (Å²) in [6.45, 7) is 5.62. The number of halogens is 1. The summed E-state index contributed by atoms with van der Waals surface area (Å²) in [5.41, 5.74) is 1.25. The van der Waals surface area contributed by atoms with E-state index in [9.17, 15) is 5.11 Å². The minimum atomic E-state index is -0.349. The molecule has 0 aliphatic carbocycles. The van der Waals surface area contributed by atoms with Gasteiger partial charge in [0.05, 0.1) is 6.10 Å². The van der Waals surface area contributed by atoms with Crippen LogP contribution in [-0.4, -0.2) is 16.5 Å². The third-order valence-corrected chi connectivity index (χ3v) is 2.15. The highest BCUT2D eigenvalue weighted by Crippen LogP contribution is 2.08. The van der Waals surface area contributed by atoms with Crippen molar-refractivity contribution in [2.24, 2.45) is 0 Å². The Bertz CT molecular complexity index is 152. The first-order valence-corrected chi connectivity index (χ1v) is 5.35. The SMILES string of the molecule is C=CCC(O)C=C(C)CCCBr. The van der Waals surface area contributed by atoms with Crippen molar-refractivity contribution in [2.45, 2.75) is 32.3 Å². The molecule has 0 saturated carbocycles. The predicted octanol–water partition coefficient (Wildman–Crippen LogP) is 3.04. The summed E-state index contributed by atoms with van der Waals surface area (Å²) >= 11 is 3.37. The second kappa shape index (κ2) is 7.56. The maximum absolute atomic E-state index is 9.36. The summed E-state index contributed by atoms with van der Waals surface area (Å²) in [6, 6.07) is 0. The Morgan fingerprint density at radius 3 is 2.83 bits per heavy atom. The molecule has 0 aliphatic heterocycles. The van der Waals surface area contributed by atoms with E-state index in [0.717, 1.165) is 18.2 Å². The van der Waals surface area contributed by atoms with E-state index >= 15 is 0 Å². The van der Waals surface area contributed by atoms with Gasteiger partial charge in [0.25, 0.3) is 0 Å². The number of hydrogen-bond acceptors (Lipinski definition) is 1. The Hall–Kier alpha value is -0.0800. The molecule has 0 rings (SSSR count). The van der Waals surface area contributed by atoms with E-state index in [1.165, 1.54) is 5.57 Å². The summed E-state index contributed by atoms with van der Waals surface area (Å²) in [4.78, 5) is 0. The summed E-state index contributed by atoms with van der Waals surface area (Å²) in [5, 5.41) is 10.4. The quantitative estimate of drug-likeness (QED) is 0.552. The zero-order valence-corrected chi connectivity index (χ0v) is 9.18. The van der Waals surface area contributed by atoms with E-state index in [4.69, 9.17) is 0 Å². The Labute approximate surface area is 83.3 Å². The normalized spacial score (nSPS) is 14.4. The standard InChI is InChI=1S/C10H17BrO/c1-3-5-10(12)8-9(2)6-4-7-11/h3,8,10,12H,1,4-7H2,2H3. The van der Waals surface area contributed by atoms with Crippen LogP contribution >= 0.6 is 15.9 Å². The zero-order valence-electron chi connectivity index (χ0n) is 7.59. The first-order chi connectivity index (χ1) is 5.70. The van der Waals surface area contributed by atoms with Crippen molar-refractivity contribution in [2.75, 3.05) is 5.33 Å². The molecular formula is C10H17BrO. The molecular weight excluding hydrogens is 216 g/mol. The van der Waals surface area contributed by atoms with Crippen LogP contribution in [0.4, 0.5) is 0 Å². The summed E-state index contributed by atoms with van der Waals surface area (Å²) < 4.78 is 0. The minimum Gasteiger partial charge on any atom is -0.389 e. The molecule has 12 heavy (non-hydrogen) atoms. The van der Waals surface area contributed by atoms with Crippen molar-refractivity contribution < 1.29 is 5.11 Å². The average molecular weight is 233 g/mol. The van der Waals surface area contributed by atoms with Crippen LogP contribution < -0.4 is 0 Å². The van der Waals surface area contributed by atoms with Crippen molar-refractivity contribution in [3.05, 3.63) is 24.3 Å². The predicted molar refractivity (Wildman–Crippen MR) is 57.6 cm³/mol. The molecule has 1 nitrogen and oxygen atoms in total. The van der Waals surface area contributed by atoms with Crippen molar-refractivity contribution in [1.29, 1.82) is 0 Å². The van der Waals surface area contributed by atoms with Crippen LogP contribution in [0.25, 0.3) is 0 Å². The molecule has 1 unspecified atom stereocenters. The number of allylic oxidation sites excluding steroid dienone is 1. The van der Waals surface area contributed by atoms with Gasteiger partial charge < -0.3 is 5.11 Å². The zero-order chi connectivity index (χ0) is 9.40. The van der Waals surface area contributed by atoms with Gasteiger partial charge in [0.1, 0.15) is 0 Å². The van der Waals surface area contributed by atoms with Crippen LogP contribution in [-0.2, 0) is 0 Å². The molecule has 0 radical (unpaired) electrons. The molecule has 0 aromatic carbocycles. The third-order valence-electron chi connectivity index (χ3n) is 1.59. The largest absolute Gasteiger partial charge is 0.389 e. The number of aliphatic hydroxyl groups is 1. The molecule has 0 heterocycles. The van der Waals surface area contributed by atoms with Crippen molar-refractivity contribution >= 4 is 15.9 Å². The number of aliphatic hydroxyl groups excluding tert-OH is 1. The molecule has 0 aromatic rings. The fraction of sp³-hybridized carbons (Fsp3) is 0.600. The molecule has 0 fully saturated rings. The van der Waals surface area contributed by atoms with Gasteiger partial charge in [-0.25, -0.2) is 0 Å².